The van der Waals surface area contributed by atoms with Gasteiger partial charge in [0.1, 0.15) is 0 Å². The molecule has 0 radical (unpaired) electrons. The number of benzene rings is 1. The van der Waals surface area contributed by atoms with Crippen LogP contribution in [-0.2, 0) is 6.54 Å². The van der Waals surface area contributed by atoms with E-state index < -0.39 is 0 Å². The van der Waals surface area contributed by atoms with Crippen molar-refractivity contribution in [1.29, 1.82) is 0 Å². The van der Waals surface area contributed by atoms with Crippen molar-refractivity contribution in [2.45, 2.75) is 26.3 Å². The Morgan fingerprint density at radius 3 is 2.59 bits per heavy atom. The van der Waals surface area contributed by atoms with Crippen molar-refractivity contribution in [2.75, 3.05) is 5.32 Å². The fraction of sp³-hybridized carbons (Fsp3) is 0.286. The van der Waals surface area contributed by atoms with E-state index in [0.29, 0.717) is 5.92 Å². The first kappa shape index (κ1) is 12.5. The van der Waals surface area contributed by atoms with Crippen LogP contribution in [0.2, 0.25) is 4.34 Å². The molecule has 17 heavy (non-hydrogen) atoms. The molecule has 2 rings (SSSR count). The molecule has 0 atom stereocenters. The quantitative estimate of drug-likeness (QED) is 0.807. The van der Waals surface area contributed by atoms with Gasteiger partial charge in [-0.05, 0) is 29.7 Å². The second-order valence-corrected chi connectivity index (χ2v) is 6.10. The average Bonchev–Trinajstić information content (AvgIpc) is 2.73. The lowest BCUT2D eigenvalue weighted by Gasteiger charge is -2.13. The highest BCUT2D eigenvalue weighted by Crippen LogP contribution is 2.26. The van der Waals surface area contributed by atoms with E-state index in [4.69, 9.17) is 11.6 Å². The third-order valence-corrected chi connectivity index (χ3v) is 3.90. The maximum absolute atomic E-state index is 5.91. The zero-order chi connectivity index (χ0) is 12.3. The van der Waals surface area contributed by atoms with E-state index in [1.54, 1.807) is 11.3 Å². The minimum atomic E-state index is 0.533. The Balaban J connectivity index is 2.08. The fourth-order valence-corrected chi connectivity index (χ4v) is 2.82. The molecule has 0 fully saturated rings. The molecular formula is C14H16ClNS. The lowest BCUT2D eigenvalue weighted by atomic mass is 10.0. The van der Waals surface area contributed by atoms with Crippen molar-refractivity contribution in [1.82, 2.24) is 0 Å². The van der Waals surface area contributed by atoms with Crippen molar-refractivity contribution in [3.8, 4) is 0 Å². The molecule has 0 unspecified atom stereocenters. The summed E-state index contributed by atoms with van der Waals surface area (Å²) in [5.74, 6) is 0.533. The molecule has 0 saturated heterocycles. The van der Waals surface area contributed by atoms with Crippen LogP contribution in [0.25, 0.3) is 0 Å². The second-order valence-electron chi connectivity index (χ2n) is 4.30. The Morgan fingerprint density at radius 2 is 1.94 bits per heavy atom. The van der Waals surface area contributed by atoms with Crippen LogP contribution in [0.1, 0.15) is 30.2 Å². The van der Waals surface area contributed by atoms with Crippen LogP contribution in [0.4, 0.5) is 5.69 Å². The van der Waals surface area contributed by atoms with Crippen LogP contribution in [0.5, 0.6) is 0 Å². The predicted molar refractivity (Wildman–Crippen MR) is 77.2 cm³/mol. The summed E-state index contributed by atoms with van der Waals surface area (Å²) in [5.41, 5.74) is 2.57. The number of rotatable bonds is 4. The molecular weight excluding hydrogens is 250 g/mol. The SMILES string of the molecule is CC(C)c1ccccc1NCc1ccc(Cl)s1. The minimum Gasteiger partial charge on any atom is -0.380 e. The zero-order valence-electron chi connectivity index (χ0n) is 10.0. The first-order chi connectivity index (χ1) is 8.16. The van der Waals surface area contributed by atoms with E-state index in [-0.39, 0.29) is 0 Å². The fourth-order valence-electron chi connectivity index (χ4n) is 1.79. The summed E-state index contributed by atoms with van der Waals surface area (Å²) in [6, 6.07) is 12.5. The molecule has 0 spiro atoms. The molecule has 90 valence electrons. The molecule has 0 saturated carbocycles. The van der Waals surface area contributed by atoms with E-state index >= 15 is 0 Å². The van der Waals surface area contributed by atoms with Gasteiger partial charge in [0.05, 0.1) is 4.34 Å². The van der Waals surface area contributed by atoms with E-state index in [1.807, 2.05) is 6.07 Å². The molecule has 0 aliphatic carbocycles. The van der Waals surface area contributed by atoms with Crippen LogP contribution in [0.3, 0.4) is 0 Å². The Hall–Kier alpha value is -0.990. The van der Waals surface area contributed by atoms with Gasteiger partial charge in [-0.15, -0.1) is 11.3 Å². The summed E-state index contributed by atoms with van der Waals surface area (Å²) in [7, 11) is 0. The summed E-state index contributed by atoms with van der Waals surface area (Å²) < 4.78 is 0.846. The smallest absolute Gasteiger partial charge is 0.0931 e. The van der Waals surface area contributed by atoms with Crippen molar-refractivity contribution >= 4 is 28.6 Å². The summed E-state index contributed by atoms with van der Waals surface area (Å²) in [4.78, 5) is 1.26. The van der Waals surface area contributed by atoms with Gasteiger partial charge in [0, 0.05) is 17.1 Å². The van der Waals surface area contributed by atoms with E-state index in [9.17, 15) is 0 Å². The molecule has 1 N–H and O–H groups in total. The minimum absolute atomic E-state index is 0.533. The van der Waals surface area contributed by atoms with Gasteiger partial charge in [0.25, 0.3) is 0 Å². The maximum Gasteiger partial charge on any atom is 0.0931 e. The molecule has 0 aliphatic heterocycles. The van der Waals surface area contributed by atoms with Crippen molar-refractivity contribution in [3.05, 3.63) is 51.2 Å². The van der Waals surface area contributed by atoms with Crippen molar-refractivity contribution in [2.24, 2.45) is 0 Å². The molecule has 1 aromatic heterocycles. The molecule has 1 nitrogen and oxygen atoms in total. The van der Waals surface area contributed by atoms with Crippen molar-refractivity contribution in [3.63, 3.8) is 0 Å². The summed E-state index contributed by atoms with van der Waals surface area (Å²) >= 11 is 7.54. The number of anilines is 1. The van der Waals surface area contributed by atoms with Crippen LogP contribution in [0.15, 0.2) is 36.4 Å². The number of hydrogen-bond acceptors (Lipinski definition) is 2. The van der Waals surface area contributed by atoms with Gasteiger partial charge in [-0.2, -0.15) is 0 Å². The largest absolute Gasteiger partial charge is 0.380 e. The van der Waals surface area contributed by atoms with Crippen molar-refractivity contribution < 1.29 is 0 Å². The van der Waals surface area contributed by atoms with E-state index in [0.717, 1.165) is 10.9 Å². The van der Waals surface area contributed by atoms with E-state index in [2.05, 4.69) is 49.5 Å². The number of thiophene rings is 1. The third-order valence-electron chi connectivity index (χ3n) is 2.66. The molecule has 1 aromatic carbocycles. The Bertz CT molecular complexity index is 490. The number of halogens is 1. The number of nitrogens with one attached hydrogen (secondary N) is 1. The lowest BCUT2D eigenvalue weighted by Crippen LogP contribution is -2.01. The first-order valence-electron chi connectivity index (χ1n) is 5.74. The van der Waals surface area contributed by atoms with Gasteiger partial charge in [-0.3, -0.25) is 0 Å². The highest BCUT2D eigenvalue weighted by atomic mass is 35.5. The Labute approximate surface area is 111 Å². The summed E-state index contributed by atoms with van der Waals surface area (Å²) in [6.45, 7) is 5.26. The number of hydrogen-bond donors (Lipinski definition) is 1. The van der Waals surface area contributed by atoms with Gasteiger partial charge < -0.3 is 5.32 Å². The summed E-state index contributed by atoms with van der Waals surface area (Å²) in [6.07, 6.45) is 0. The molecule has 0 amide bonds. The maximum atomic E-state index is 5.91. The Kier molecular flexibility index (Phi) is 4.08. The predicted octanol–water partition coefficient (Wildman–Crippen LogP) is 5.14. The highest BCUT2D eigenvalue weighted by Gasteiger charge is 2.05. The lowest BCUT2D eigenvalue weighted by molar-refractivity contribution is 0.866. The van der Waals surface area contributed by atoms with Crippen LogP contribution in [-0.4, -0.2) is 0 Å². The van der Waals surface area contributed by atoms with E-state index in [1.165, 1.54) is 16.1 Å². The van der Waals surface area contributed by atoms with Gasteiger partial charge in [-0.25, -0.2) is 0 Å². The Morgan fingerprint density at radius 1 is 1.18 bits per heavy atom. The first-order valence-corrected chi connectivity index (χ1v) is 6.93. The monoisotopic (exact) mass is 265 g/mol. The van der Waals surface area contributed by atoms with Gasteiger partial charge in [0.15, 0.2) is 0 Å². The van der Waals surface area contributed by atoms with Crippen LogP contribution in [0, 0.1) is 0 Å². The van der Waals surface area contributed by atoms with Gasteiger partial charge >= 0.3 is 0 Å². The van der Waals surface area contributed by atoms with Crippen LogP contribution >= 0.6 is 22.9 Å². The zero-order valence-corrected chi connectivity index (χ0v) is 11.6. The van der Waals surface area contributed by atoms with Gasteiger partial charge in [0.2, 0.25) is 0 Å². The molecule has 3 heteroatoms. The van der Waals surface area contributed by atoms with Crippen LogP contribution < -0.4 is 5.32 Å². The standard InChI is InChI=1S/C14H16ClNS/c1-10(2)12-5-3-4-6-13(12)16-9-11-7-8-14(15)17-11/h3-8,10,16H,9H2,1-2H3. The third kappa shape index (κ3) is 3.24. The molecule has 1 heterocycles. The second kappa shape index (κ2) is 5.56. The molecule has 0 bridgehead atoms. The molecule has 0 aliphatic rings. The van der Waals surface area contributed by atoms with Gasteiger partial charge in [-0.1, -0.05) is 43.6 Å². The normalized spacial score (nSPS) is 10.8. The average molecular weight is 266 g/mol. The topological polar surface area (TPSA) is 12.0 Å². The summed E-state index contributed by atoms with van der Waals surface area (Å²) in [5, 5.41) is 3.48. The number of para-hydroxylation sites is 1. The molecule has 2 aromatic rings. The highest BCUT2D eigenvalue weighted by molar-refractivity contribution is 7.16.